The first-order valence-electron chi connectivity index (χ1n) is 4.29. The summed E-state index contributed by atoms with van der Waals surface area (Å²) >= 11 is 2.21. The lowest BCUT2D eigenvalue weighted by Gasteiger charge is -2.06. The second-order valence-electron chi connectivity index (χ2n) is 2.92. The van der Waals surface area contributed by atoms with Crippen LogP contribution in [-0.4, -0.2) is 27.3 Å². The topological polar surface area (TPSA) is 52.8 Å². The number of hydrogen-bond donors (Lipinski definition) is 0. The van der Waals surface area contributed by atoms with E-state index in [0.717, 1.165) is 14.9 Å². The van der Waals surface area contributed by atoms with Crippen LogP contribution in [0.1, 0.15) is 0 Å². The van der Waals surface area contributed by atoms with Crippen molar-refractivity contribution in [2.45, 2.75) is 0 Å². The molecule has 0 amide bonds. The second kappa shape index (κ2) is 4.13. The zero-order valence-electron chi connectivity index (χ0n) is 8.31. The maximum atomic E-state index is 5.32. The zero-order chi connectivity index (χ0) is 10.8. The van der Waals surface area contributed by atoms with Crippen molar-refractivity contribution < 1.29 is 4.74 Å². The lowest BCUT2D eigenvalue weighted by molar-refractivity contribution is 0.413. The van der Waals surface area contributed by atoms with Gasteiger partial charge in [0.05, 0.1) is 23.3 Å². The fourth-order valence-electron chi connectivity index (χ4n) is 1.28. The van der Waals surface area contributed by atoms with Crippen molar-refractivity contribution in [3.05, 3.63) is 21.8 Å². The Hall–Kier alpha value is -1.18. The second-order valence-corrected chi connectivity index (χ2v) is 4.09. The predicted octanol–water partition coefficient (Wildman–Crippen LogP) is 1.49. The van der Waals surface area contributed by atoms with Crippen molar-refractivity contribution in [3.63, 3.8) is 0 Å². The van der Waals surface area contributed by atoms with E-state index in [1.807, 2.05) is 18.2 Å². The number of nitrogens with zero attached hydrogens (tertiary/aromatic N) is 4. The van der Waals surface area contributed by atoms with Crippen molar-refractivity contribution in [3.8, 4) is 17.1 Å². The Morgan fingerprint density at radius 1 is 1.40 bits per heavy atom. The third kappa shape index (κ3) is 1.94. The summed E-state index contributed by atoms with van der Waals surface area (Å²) in [4.78, 5) is 1.43. The number of aryl methyl sites for hydroxylation is 1. The molecule has 0 aliphatic heterocycles. The highest BCUT2D eigenvalue weighted by Gasteiger charge is 2.12. The molecule has 2 rings (SSSR count). The standard InChI is InChI=1S/C9H9IN4O/c1-14-12-9(11-13-14)6-4-3-5-7(10)8(6)15-2/h3-5H,1-2H3. The molecule has 0 aliphatic rings. The Kier molecular flexibility index (Phi) is 2.85. The molecular formula is C9H9IN4O. The summed E-state index contributed by atoms with van der Waals surface area (Å²) < 4.78 is 6.34. The molecule has 1 aromatic carbocycles. The van der Waals surface area contributed by atoms with Gasteiger partial charge in [0.2, 0.25) is 5.82 Å². The van der Waals surface area contributed by atoms with E-state index < -0.39 is 0 Å². The number of benzene rings is 1. The van der Waals surface area contributed by atoms with E-state index in [2.05, 4.69) is 38.0 Å². The Bertz CT molecular complexity index is 483. The number of aromatic nitrogens is 4. The van der Waals surface area contributed by atoms with Gasteiger partial charge in [-0.05, 0) is 39.9 Å². The summed E-state index contributed by atoms with van der Waals surface area (Å²) in [5.74, 6) is 1.36. The number of tetrazole rings is 1. The highest BCUT2D eigenvalue weighted by Crippen LogP contribution is 2.31. The van der Waals surface area contributed by atoms with Gasteiger partial charge < -0.3 is 4.74 Å². The number of ether oxygens (including phenoxy) is 1. The average Bonchev–Trinajstić information content (AvgIpc) is 2.64. The molecule has 0 saturated carbocycles. The minimum atomic E-state index is 0.577. The van der Waals surface area contributed by atoms with Crippen LogP contribution in [0, 0.1) is 3.57 Å². The molecule has 0 fully saturated rings. The molecular weight excluding hydrogens is 307 g/mol. The highest BCUT2D eigenvalue weighted by molar-refractivity contribution is 14.1. The minimum absolute atomic E-state index is 0.577. The molecule has 0 aliphatic carbocycles. The Morgan fingerprint density at radius 3 is 2.80 bits per heavy atom. The van der Waals surface area contributed by atoms with Crippen LogP contribution < -0.4 is 4.74 Å². The maximum absolute atomic E-state index is 5.32. The van der Waals surface area contributed by atoms with Gasteiger partial charge in [0, 0.05) is 0 Å². The van der Waals surface area contributed by atoms with Gasteiger partial charge in [0.25, 0.3) is 0 Å². The largest absolute Gasteiger partial charge is 0.495 e. The fraction of sp³-hybridized carbons (Fsp3) is 0.222. The number of halogens is 1. The predicted molar refractivity (Wildman–Crippen MR) is 63.5 cm³/mol. The van der Waals surface area contributed by atoms with Crippen LogP contribution in [0.25, 0.3) is 11.4 Å². The Morgan fingerprint density at radius 2 is 2.20 bits per heavy atom. The summed E-state index contributed by atoms with van der Waals surface area (Å²) in [6, 6.07) is 5.83. The van der Waals surface area contributed by atoms with Gasteiger partial charge in [-0.25, -0.2) is 0 Å². The van der Waals surface area contributed by atoms with Crippen LogP contribution in [-0.2, 0) is 7.05 Å². The van der Waals surface area contributed by atoms with Gasteiger partial charge in [0.1, 0.15) is 5.75 Å². The molecule has 1 heterocycles. The quantitative estimate of drug-likeness (QED) is 0.788. The summed E-state index contributed by atoms with van der Waals surface area (Å²) in [6.07, 6.45) is 0. The van der Waals surface area contributed by atoms with E-state index in [1.54, 1.807) is 14.2 Å². The van der Waals surface area contributed by atoms with Crippen LogP contribution in [0.15, 0.2) is 18.2 Å². The molecule has 0 atom stereocenters. The van der Waals surface area contributed by atoms with Crippen LogP contribution in [0.4, 0.5) is 0 Å². The molecule has 0 radical (unpaired) electrons. The van der Waals surface area contributed by atoms with Gasteiger partial charge >= 0.3 is 0 Å². The lowest BCUT2D eigenvalue weighted by Crippen LogP contribution is -1.94. The van der Waals surface area contributed by atoms with Crippen LogP contribution in [0.3, 0.4) is 0 Å². The molecule has 0 saturated heterocycles. The molecule has 6 heteroatoms. The first-order valence-corrected chi connectivity index (χ1v) is 5.37. The maximum Gasteiger partial charge on any atom is 0.208 e. The Balaban J connectivity index is 2.57. The summed E-state index contributed by atoms with van der Waals surface area (Å²) in [6.45, 7) is 0. The average molecular weight is 316 g/mol. The number of para-hydroxylation sites is 1. The zero-order valence-corrected chi connectivity index (χ0v) is 10.5. The van der Waals surface area contributed by atoms with Crippen LogP contribution in [0.2, 0.25) is 0 Å². The molecule has 5 nitrogen and oxygen atoms in total. The third-order valence-electron chi connectivity index (χ3n) is 1.92. The molecule has 2 aromatic rings. The number of rotatable bonds is 2. The van der Waals surface area contributed by atoms with Crippen molar-refractivity contribution in [1.82, 2.24) is 20.2 Å². The number of hydrogen-bond acceptors (Lipinski definition) is 4. The van der Waals surface area contributed by atoms with Crippen LogP contribution >= 0.6 is 22.6 Å². The van der Waals surface area contributed by atoms with E-state index in [1.165, 1.54) is 4.80 Å². The van der Waals surface area contributed by atoms with Crippen molar-refractivity contribution in [1.29, 1.82) is 0 Å². The van der Waals surface area contributed by atoms with Gasteiger partial charge in [-0.2, -0.15) is 4.80 Å². The normalized spacial score (nSPS) is 10.3. The van der Waals surface area contributed by atoms with Crippen LogP contribution in [0.5, 0.6) is 5.75 Å². The van der Waals surface area contributed by atoms with E-state index >= 15 is 0 Å². The fourth-order valence-corrected chi connectivity index (χ4v) is 2.00. The first-order chi connectivity index (χ1) is 7.22. The van der Waals surface area contributed by atoms with Gasteiger partial charge in [0.15, 0.2) is 0 Å². The van der Waals surface area contributed by atoms with Gasteiger partial charge in [-0.1, -0.05) is 6.07 Å². The lowest BCUT2D eigenvalue weighted by atomic mass is 10.2. The third-order valence-corrected chi connectivity index (χ3v) is 2.77. The molecule has 0 spiro atoms. The minimum Gasteiger partial charge on any atom is -0.495 e. The van der Waals surface area contributed by atoms with Crippen molar-refractivity contribution in [2.24, 2.45) is 7.05 Å². The van der Waals surface area contributed by atoms with Gasteiger partial charge in [-0.15, -0.1) is 10.2 Å². The van der Waals surface area contributed by atoms with E-state index in [0.29, 0.717) is 5.82 Å². The number of methoxy groups -OCH3 is 1. The van der Waals surface area contributed by atoms with E-state index in [9.17, 15) is 0 Å². The Labute approximate surface area is 101 Å². The van der Waals surface area contributed by atoms with E-state index in [-0.39, 0.29) is 0 Å². The highest BCUT2D eigenvalue weighted by atomic mass is 127. The summed E-state index contributed by atoms with van der Waals surface area (Å²) in [5, 5.41) is 11.9. The molecule has 0 unspecified atom stereocenters. The SMILES string of the molecule is COc1c(I)cccc1-c1nnn(C)n1. The first kappa shape index (κ1) is 10.3. The molecule has 0 bridgehead atoms. The molecule has 78 valence electrons. The molecule has 0 N–H and O–H groups in total. The smallest absolute Gasteiger partial charge is 0.208 e. The molecule has 15 heavy (non-hydrogen) atoms. The summed E-state index contributed by atoms with van der Waals surface area (Å²) in [7, 11) is 3.37. The van der Waals surface area contributed by atoms with E-state index in [4.69, 9.17) is 4.74 Å². The molecule has 1 aromatic heterocycles. The summed E-state index contributed by atoms with van der Waals surface area (Å²) in [5.41, 5.74) is 0.859. The van der Waals surface area contributed by atoms with Gasteiger partial charge in [-0.3, -0.25) is 0 Å². The van der Waals surface area contributed by atoms with Crippen molar-refractivity contribution in [2.75, 3.05) is 7.11 Å². The van der Waals surface area contributed by atoms with Crippen molar-refractivity contribution >= 4 is 22.6 Å². The monoisotopic (exact) mass is 316 g/mol.